The molecule has 0 unspecified atom stereocenters. The highest BCUT2D eigenvalue weighted by Gasteiger charge is 2.67. The normalized spacial score (nSPS) is 39.2. The average Bonchev–Trinajstić information content (AvgIpc) is 3.10. The molecule has 1 aliphatic carbocycles. The number of phenols is 1. The van der Waals surface area contributed by atoms with Crippen molar-refractivity contribution in [1.29, 1.82) is 0 Å². The number of nitrogens with one attached hydrogen (secondary N) is 1. The van der Waals surface area contributed by atoms with Crippen molar-refractivity contribution >= 4 is 11.9 Å². The quantitative estimate of drug-likeness (QED) is 0.370. The van der Waals surface area contributed by atoms with Crippen molar-refractivity contribution in [3.63, 3.8) is 0 Å². The number of rotatable bonds is 2. The Balaban J connectivity index is 1.79. The molecule has 0 aromatic heterocycles. The van der Waals surface area contributed by atoms with Crippen LogP contribution in [0.4, 0.5) is 0 Å². The van der Waals surface area contributed by atoms with Gasteiger partial charge in [-0.1, -0.05) is 63.6 Å². The van der Waals surface area contributed by atoms with Crippen LogP contribution in [0.15, 0.2) is 60.7 Å². The Morgan fingerprint density at radius 1 is 1.14 bits per heavy atom. The predicted octanol–water partition coefficient (Wildman–Crippen LogP) is 3.20. The highest BCUT2D eigenvalue weighted by molar-refractivity contribution is 5.94. The second kappa shape index (κ2) is 10.6. The summed E-state index contributed by atoms with van der Waals surface area (Å²) < 4.78 is 6.02. The highest BCUT2D eigenvalue weighted by atomic mass is 16.6. The zero-order valence-electron chi connectivity index (χ0n) is 21.0. The van der Waals surface area contributed by atoms with Gasteiger partial charge in [0.05, 0.1) is 18.1 Å². The summed E-state index contributed by atoms with van der Waals surface area (Å²) in [6, 6.07) is 6.49. The van der Waals surface area contributed by atoms with Crippen LogP contribution >= 0.6 is 0 Å². The van der Waals surface area contributed by atoms with Gasteiger partial charge in [-0.2, -0.15) is 0 Å². The Morgan fingerprint density at radius 3 is 2.64 bits per heavy atom. The minimum Gasteiger partial charge on any atom is -0.508 e. The van der Waals surface area contributed by atoms with Gasteiger partial charge in [0.25, 0.3) is 5.91 Å². The van der Waals surface area contributed by atoms with Crippen LogP contribution in [0, 0.1) is 23.7 Å². The zero-order chi connectivity index (χ0) is 26.0. The fourth-order valence-corrected chi connectivity index (χ4v) is 6.15. The minimum atomic E-state index is -1.66. The lowest BCUT2D eigenvalue weighted by atomic mass is 9.59. The molecule has 1 saturated carbocycles. The van der Waals surface area contributed by atoms with Gasteiger partial charge in [0.2, 0.25) is 5.60 Å². The van der Waals surface area contributed by atoms with Crippen molar-refractivity contribution < 1.29 is 29.6 Å². The largest absolute Gasteiger partial charge is 0.508 e. The number of hydrogen-bond acceptors (Lipinski definition) is 6. The molecule has 2 fully saturated rings. The third kappa shape index (κ3) is 4.87. The number of ether oxygens (including phenoxy) is 1. The average molecular weight is 496 g/mol. The molecule has 8 atom stereocenters. The maximum Gasteiger partial charge on any atom is 0.331 e. The zero-order valence-corrected chi connectivity index (χ0v) is 21.0. The van der Waals surface area contributed by atoms with Gasteiger partial charge < -0.3 is 25.4 Å². The van der Waals surface area contributed by atoms with Gasteiger partial charge in [-0.3, -0.25) is 4.79 Å². The standard InChI is InChI=1S/C29H37NO6/c1-17-8-6-11-21(31)14-15-25(33)36-29-22(12-7-9-17)27(34)19(3)18(2)26(29)23(30-28(29)35)16-20-10-4-5-13-24(20)32/h4-5,7,10,12-15,17-18,21-23,26-27,31-32,34H,3,6,8-9,11,16H2,1-2H3,(H,30,35)/b12-7-,15-14-/t17-,18-,21-,22+,23+,26+,27-,29-/m1/s1. The Kier molecular flexibility index (Phi) is 7.71. The van der Waals surface area contributed by atoms with Gasteiger partial charge in [0.1, 0.15) is 5.75 Å². The Bertz CT molecular complexity index is 1060. The maximum atomic E-state index is 13.8. The molecule has 1 spiro atoms. The number of esters is 1. The summed E-state index contributed by atoms with van der Waals surface area (Å²) in [5.74, 6) is -2.43. The van der Waals surface area contributed by atoms with Gasteiger partial charge >= 0.3 is 5.97 Å². The van der Waals surface area contributed by atoms with Crippen LogP contribution in [0.3, 0.4) is 0 Å². The summed E-state index contributed by atoms with van der Waals surface area (Å²) in [5, 5.41) is 35.0. The fraction of sp³-hybridized carbons (Fsp3) is 0.517. The maximum absolute atomic E-state index is 13.8. The van der Waals surface area contributed by atoms with Crippen LogP contribution in [0.1, 0.15) is 45.1 Å². The Morgan fingerprint density at radius 2 is 1.89 bits per heavy atom. The number of aliphatic hydroxyl groups is 2. The molecule has 1 saturated heterocycles. The van der Waals surface area contributed by atoms with E-state index in [-0.39, 0.29) is 11.7 Å². The van der Waals surface area contributed by atoms with E-state index in [1.807, 2.05) is 25.1 Å². The molecule has 0 radical (unpaired) electrons. The first kappa shape index (κ1) is 26.2. The smallest absolute Gasteiger partial charge is 0.331 e. The molecule has 4 rings (SSSR count). The number of carbonyl (C=O) groups excluding carboxylic acids is 2. The molecule has 1 aromatic rings. The van der Waals surface area contributed by atoms with Crippen LogP contribution in [-0.2, 0) is 20.7 Å². The van der Waals surface area contributed by atoms with Crippen molar-refractivity contribution in [2.45, 2.75) is 69.8 Å². The Labute approximate surface area is 212 Å². The highest BCUT2D eigenvalue weighted by Crippen LogP contribution is 2.52. The number of aliphatic hydroxyl groups excluding tert-OH is 2. The van der Waals surface area contributed by atoms with E-state index in [1.165, 1.54) is 12.2 Å². The van der Waals surface area contributed by atoms with Crippen LogP contribution in [0.25, 0.3) is 0 Å². The minimum absolute atomic E-state index is 0.125. The third-order valence-electron chi connectivity index (χ3n) is 8.17. The van der Waals surface area contributed by atoms with Crippen molar-refractivity contribution in [2.75, 3.05) is 0 Å². The summed E-state index contributed by atoms with van der Waals surface area (Å²) in [6.07, 6.45) is 7.81. The van der Waals surface area contributed by atoms with Gasteiger partial charge in [-0.15, -0.1) is 0 Å². The number of hydrogen-bond donors (Lipinski definition) is 4. The molecule has 2 heterocycles. The van der Waals surface area contributed by atoms with E-state index in [0.29, 0.717) is 29.9 Å². The summed E-state index contributed by atoms with van der Waals surface area (Å²) >= 11 is 0. The number of phenolic OH excluding ortho intramolecular Hbond substituents is 1. The topological polar surface area (TPSA) is 116 Å². The first-order valence-electron chi connectivity index (χ1n) is 12.9. The number of carbonyl (C=O) groups is 2. The van der Waals surface area contributed by atoms with Crippen LogP contribution in [0.5, 0.6) is 5.75 Å². The van der Waals surface area contributed by atoms with Gasteiger partial charge in [0.15, 0.2) is 0 Å². The van der Waals surface area contributed by atoms with E-state index in [9.17, 15) is 24.9 Å². The molecular formula is C29H37NO6. The second-order valence-electron chi connectivity index (χ2n) is 10.6. The molecule has 1 aromatic carbocycles. The first-order chi connectivity index (χ1) is 17.1. The molecule has 4 N–H and O–H groups in total. The van der Waals surface area contributed by atoms with E-state index >= 15 is 0 Å². The van der Waals surface area contributed by atoms with E-state index in [2.05, 4.69) is 18.8 Å². The van der Waals surface area contributed by atoms with Gasteiger partial charge in [-0.05, 0) is 54.4 Å². The van der Waals surface area contributed by atoms with Crippen LogP contribution in [-0.4, -0.2) is 51.0 Å². The SMILES string of the molecule is C=C1[C@@H](C)[C@H]2[C@H](Cc3ccccc3O)NC(=O)[C@]23OC(=O)/C=C\[C@H](O)CCC[C@@H](C)C/C=C\[C@H]3[C@@H]1O. The molecule has 0 bridgehead atoms. The summed E-state index contributed by atoms with van der Waals surface area (Å²) in [4.78, 5) is 26.8. The fourth-order valence-electron chi connectivity index (χ4n) is 6.15. The van der Waals surface area contributed by atoms with E-state index in [1.54, 1.807) is 18.2 Å². The number of benzene rings is 1. The number of aromatic hydroxyl groups is 1. The molecule has 2 aliphatic heterocycles. The summed E-state index contributed by atoms with van der Waals surface area (Å²) in [5.41, 5.74) is -0.411. The molecule has 1 amide bonds. The lowest BCUT2D eigenvalue weighted by Crippen LogP contribution is -2.61. The van der Waals surface area contributed by atoms with E-state index < -0.39 is 47.6 Å². The van der Waals surface area contributed by atoms with Crippen molar-refractivity contribution in [1.82, 2.24) is 5.32 Å². The summed E-state index contributed by atoms with van der Waals surface area (Å²) in [7, 11) is 0. The predicted molar refractivity (Wildman–Crippen MR) is 136 cm³/mol. The van der Waals surface area contributed by atoms with E-state index in [0.717, 1.165) is 19.3 Å². The molecule has 3 aliphatic rings. The molecular weight excluding hydrogens is 458 g/mol. The second-order valence-corrected chi connectivity index (χ2v) is 10.6. The summed E-state index contributed by atoms with van der Waals surface area (Å²) in [6.45, 7) is 8.16. The van der Waals surface area contributed by atoms with Crippen LogP contribution in [0.2, 0.25) is 0 Å². The lowest BCUT2D eigenvalue weighted by molar-refractivity contribution is -0.182. The van der Waals surface area contributed by atoms with E-state index in [4.69, 9.17) is 4.74 Å². The lowest BCUT2D eigenvalue weighted by Gasteiger charge is -2.49. The van der Waals surface area contributed by atoms with Crippen molar-refractivity contribution in [2.24, 2.45) is 23.7 Å². The van der Waals surface area contributed by atoms with Crippen molar-refractivity contribution in [3.8, 4) is 5.75 Å². The Hall–Kier alpha value is -2.90. The van der Waals surface area contributed by atoms with Gasteiger partial charge in [0, 0.05) is 18.0 Å². The molecule has 7 heteroatoms. The monoisotopic (exact) mass is 495 g/mol. The first-order valence-corrected chi connectivity index (χ1v) is 12.9. The number of amides is 1. The molecule has 7 nitrogen and oxygen atoms in total. The van der Waals surface area contributed by atoms with Crippen LogP contribution < -0.4 is 5.32 Å². The third-order valence-corrected chi connectivity index (χ3v) is 8.17. The van der Waals surface area contributed by atoms with Crippen molar-refractivity contribution in [3.05, 3.63) is 66.3 Å². The molecule has 194 valence electrons. The molecule has 36 heavy (non-hydrogen) atoms. The van der Waals surface area contributed by atoms with Gasteiger partial charge in [-0.25, -0.2) is 4.79 Å². The number of para-hydroxylation sites is 1. The number of allylic oxidation sites excluding steroid dienone is 1.